The van der Waals surface area contributed by atoms with Crippen molar-refractivity contribution in [2.24, 2.45) is 0 Å². The molecule has 0 saturated heterocycles. The minimum atomic E-state index is 0.558. The van der Waals surface area contributed by atoms with Gasteiger partial charge in [0.15, 0.2) is 11.4 Å². The molecular formula is C9H10N2. The van der Waals surface area contributed by atoms with Crippen molar-refractivity contribution in [1.82, 2.24) is 0 Å². The molecule has 0 fully saturated rings. The van der Waals surface area contributed by atoms with E-state index in [4.69, 9.17) is 13.1 Å². The summed E-state index contributed by atoms with van der Waals surface area (Å²) in [6, 6.07) is 0. The zero-order valence-corrected chi connectivity index (χ0v) is 6.43. The molecule has 11 heavy (non-hydrogen) atoms. The van der Waals surface area contributed by atoms with Crippen molar-refractivity contribution in [1.29, 1.82) is 0 Å². The molecule has 0 heterocycles. The van der Waals surface area contributed by atoms with E-state index >= 15 is 0 Å². The third kappa shape index (κ3) is 4.93. The molecule has 0 unspecified atom stereocenters. The van der Waals surface area contributed by atoms with E-state index in [1.165, 1.54) is 0 Å². The summed E-state index contributed by atoms with van der Waals surface area (Å²) in [7, 11) is 0. The Morgan fingerprint density at radius 1 is 1.00 bits per heavy atom. The van der Waals surface area contributed by atoms with E-state index in [0.29, 0.717) is 24.2 Å². The van der Waals surface area contributed by atoms with Crippen molar-refractivity contribution in [3.05, 3.63) is 47.4 Å². The van der Waals surface area contributed by atoms with Gasteiger partial charge in [-0.25, -0.2) is 9.69 Å². The van der Waals surface area contributed by atoms with Gasteiger partial charge >= 0.3 is 0 Å². The van der Waals surface area contributed by atoms with Crippen LogP contribution >= 0.6 is 0 Å². The van der Waals surface area contributed by atoms with E-state index in [2.05, 4.69) is 22.8 Å². The second kappa shape index (κ2) is 5.26. The Hall–Kier alpha value is -1.54. The third-order valence-electron chi connectivity index (χ3n) is 1.25. The monoisotopic (exact) mass is 146 g/mol. The first-order valence-electron chi connectivity index (χ1n) is 3.31. The highest BCUT2D eigenvalue weighted by atomic mass is 14.7. The first-order valence-corrected chi connectivity index (χ1v) is 3.31. The van der Waals surface area contributed by atoms with Gasteiger partial charge < -0.3 is 0 Å². The molecule has 0 aromatic carbocycles. The van der Waals surface area contributed by atoms with Crippen molar-refractivity contribution in [3.63, 3.8) is 0 Å². The van der Waals surface area contributed by atoms with Gasteiger partial charge in [0.05, 0.1) is 13.1 Å². The van der Waals surface area contributed by atoms with Crippen LogP contribution in [0.25, 0.3) is 9.69 Å². The minimum Gasteiger partial charge on any atom is -0.243 e. The van der Waals surface area contributed by atoms with E-state index in [1.54, 1.807) is 0 Å². The molecule has 0 atom stereocenters. The summed E-state index contributed by atoms with van der Waals surface area (Å²) >= 11 is 0. The van der Waals surface area contributed by atoms with Crippen LogP contribution < -0.4 is 0 Å². The molecule has 0 aromatic heterocycles. The zero-order chi connectivity index (χ0) is 8.69. The molecular weight excluding hydrogens is 136 g/mol. The molecule has 0 spiro atoms. The lowest BCUT2D eigenvalue weighted by Crippen LogP contribution is -1.77. The third-order valence-corrected chi connectivity index (χ3v) is 1.25. The van der Waals surface area contributed by atoms with Crippen LogP contribution in [0.2, 0.25) is 0 Å². The van der Waals surface area contributed by atoms with Gasteiger partial charge in [-0.15, -0.1) is 0 Å². The predicted octanol–water partition coefficient (Wildman–Crippen LogP) is 3.02. The average Bonchev–Trinajstić information content (AvgIpc) is 2.04. The highest BCUT2D eigenvalue weighted by Gasteiger charge is 1.95. The van der Waals surface area contributed by atoms with Gasteiger partial charge in [-0.2, -0.15) is 0 Å². The number of hydrogen-bond acceptors (Lipinski definition) is 0. The molecule has 0 N–H and O–H groups in total. The molecule has 0 bridgehead atoms. The summed E-state index contributed by atoms with van der Waals surface area (Å²) in [5.74, 6) is 0. The van der Waals surface area contributed by atoms with Crippen LogP contribution in [0.1, 0.15) is 19.3 Å². The number of hydrogen-bond donors (Lipinski definition) is 0. The van der Waals surface area contributed by atoms with Crippen LogP contribution in [-0.2, 0) is 0 Å². The Morgan fingerprint density at radius 3 is 1.64 bits per heavy atom. The number of allylic oxidation sites excluding steroid dienone is 2. The minimum absolute atomic E-state index is 0.558. The standard InChI is InChI=1S/C9H10N2/c1-8(10-3)6-5-7-9(2)11-4/h1-2,5-7H2. The topological polar surface area (TPSA) is 8.72 Å². The van der Waals surface area contributed by atoms with E-state index < -0.39 is 0 Å². The van der Waals surface area contributed by atoms with Crippen LogP contribution in [0, 0.1) is 13.1 Å². The Kier molecular flexibility index (Phi) is 4.52. The first-order chi connectivity index (χ1) is 5.20. The quantitative estimate of drug-likeness (QED) is 0.539. The molecule has 0 aliphatic carbocycles. The fourth-order valence-corrected chi connectivity index (χ4v) is 0.608. The Morgan fingerprint density at radius 2 is 1.36 bits per heavy atom. The van der Waals surface area contributed by atoms with Crippen molar-refractivity contribution >= 4 is 0 Å². The van der Waals surface area contributed by atoms with Crippen LogP contribution in [0.5, 0.6) is 0 Å². The van der Waals surface area contributed by atoms with Crippen molar-refractivity contribution < 1.29 is 0 Å². The smallest absolute Gasteiger partial charge is 0.158 e. The molecule has 2 nitrogen and oxygen atoms in total. The second-order valence-electron chi connectivity index (χ2n) is 2.21. The van der Waals surface area contributed by atoms with Crippen LogP contribution in [0.3, 0.4) is 0 Å². The lowest BCUT2D eigenvalue weighted by molar-refractivity contribution is 0.829. The van der Waals surface area contributed by atoms with Crippen LogP contribution in [0.4, 0.5) is 0 Å². The first kappa shape index (κ1) is 9.46. The van der Waals surface area contributed by atoms with Gasteiger partial charge in [0.2, 0.25) is 0 Å². The van der Waals surface area contributed by atoms with E-state index in [-0.39, 0.29) is 0 Å². The van der Waals surface area contributed by atoms with Gasteiger partial charge in [-0.05, 0) is 12.8 Å². The summed E-state index contributed by atoms with van der Waals surface area (Å²) in [6.45, 7) is 20.2. The Labute approximate surface area is 67.5 Å². The largest absolute Gasteiger partial charge is 0.243 e. The van der Waals surface area contributed by atoms with Gasteiger partial charge in [-0.1, -0.05) is 19.6 Å². The maximum absolute atomic E-state index is 6.58. The second-order valence-corrected chi connectivity index (χ2v) is 2.21. The highest BCUT2D eigenvalue weighted by molar-refractivity contribution is 5.07. The van der Waals surface area contributed by atoms with E-state index in [0.717, 1.165) is 6.42 Å². The zero-order valence-electron chi connectivity index (χ0n) is 6.43. The fraction of sp³-hybridized carbons (Fsp3) is 0.333. The lowest BCUT2D eigenvalue weighted by atomic mass is 10.2. The van der Waals surface area contributed by atoms with E-state index in [1.807, 2.05) is 0 Å². The van der Waals surface area contributed by atoms with Crippen molar-refractivity contribution in [2.45, 2.75) is 19.3 Å². The predicted molar refractivity (Wildman–Crippen MR) is 45.3 cm³/mol. The van der Waals surface area contributed by atoms with Gasteiger partial charge in [0.25, 0.3) is 0 Å². The summed E-state index contributed by atoms with van der Waals surface area (Å²) in [5, 5.41) is 0. The van der Waals surface area contributed by atoms with Crippen LogP contribution in [0.15, 0.2) is 24.6 Å². The number of nitrogens with zero attached hydrogens (tertiary/aromatic N) is 2. The van der Waals surface area contributed by atoms with Gasteiger partial charge in [0, 0.05) is 0 Å². The molecule has 0 radical (unpaired) electrons. The molecule has 0 aliphatic heterocycles. The van der Waals surface area contributed by atoms with Gasteiger partial charge in [-0.3, -0.25) is 0 Å². The maximum Gasteiger partial charge on any atom is 0.158 e. The molecule has 56 valence electrons. The van der Waals surface area contributed by atoms with Crippen molar-refractivity contribution in [2.75, 3.05) is 0 Å². The molecule has 0 aromatic rings. The normalized spacial score (nSPS) is 7.82. The fourth-order valence-electron chi connectivity index (χ4n) is 0.608. The Bertz CT molecular complexity index is 211. The SMILES string of the molecule is [C-]#[N+]C(=C)CCCC(=C)[N+]#[C-]. The van der Waals surface area contributed by atoms with Crippen molar-refractivity contribution in [3.8, 4) is 0 Å². The average molecular weight is 146 g/mol. The molecule has 0 amide bonds. The molecule has 2 heteroatoms. The number of rotatable bonds is 4. The summed E-state index contributed by atoms with van der Waals surface area (Å²) in [5.41, 5.74) is 1.12. The highest BCUT2D eigenvalue weighted by Crippen LogP contribution is 2.10. The van der Waals surface area contributed by atoms with Gasteiger partial charge in [0.1, 0.15) is 0 Å². The Balaban J connectivity index is 3.46. The molecule has 0 saturated carbocycles. The van der Waals surface area contributed by atoms with Crippen LogP contribution in [-0.4, -0.2) is 0 Å². The molecule has 0 aliphatic rings. The summed E-state index contributed by atoms with van der Waals surface area (Å²) < 4.78 is 0. The van der Waals surface area contributed by atoms with E-state index in [9.17, 15) is 0 Å². The maximum atomic E-state index is 6.58. The summed E-state index contributed by atoms with van der Waals surface area (Å²) in [4.78, 5) is 6.32. The summed E-state index contributed by atoms with van der Waals surface area (Å²) in [6.07, 6.45) is 2.17. The lowest BCUT2D eigenvalue weighted by Gasteiger charge is -1.94. The molecule has 0 rings (SSSR count).